The van der Waals surface area contributed by atoms with Crippen LogP contribution >= 0.6 is 0 Å². The van der Waals surface area contributed by atoms with E-state index in [4.69, 9.17) is 5.73 Å². The van der Waals surface area contributed by atoms with Crippen molar-refractivity contribution in [2.24, 2.45) is 10.7 Å². The van der Waals surface area contributed by atoms with Gasteiger partial charge in [0, 0.05) is 31.2 Å². The van der Waals surface area contributed by atoms with E-state index in [2.05, 4.69) is 19.9 Å². The van der Waals surface area contributed by atoms with E-state index in [1.807, 2.05) is 49.6 Å². The summed E-state index contributed by atoms with van der Waals surface area (Å²) in [6.07, 6.45) is 5.91. The number of rotatable bonds is 6. The van der Waals surface area contributed by atoms with Crippen molar-refractivity contribution in [1.82, 2.24) is 9.55 Å². The minimum Gasteiger partial charge on any atom is -0.370 e. The van der Waals surface area contributed by atoms with Crippen LogP contribution in [0.15, 0.2) is 47.7 Å². The second-order valence-corrected chi connectivity index (χ2v) is 4.63. The maximum absolute atomic E-state index is 5.83. The third-order valence-electron chi connectivity index (χ3n) is 3.06. The van der Waals surface area contributed by atoms with Crippen LogP contribution in [0.3, 0.4) is 0 Å². The Morgan fingerprint density at radius 3 is 2.80 bits per heavy atom. The highest BCUT2D eigenvalue weighted by Gasteiger charge is 1.96. The number of imidazole rings is 1. The molecule has 0 amide bonds. The quantitative estimate of drug-likeness (QED) is 0.481. The molecule has 3 N–H and O–H groups in total. The van der Waals surface area contributed by atoms with Crippen molar-refractivity contribution in [3.63, 3.8) is 0 Å². The first-order valence-corrected chi connectivity index (χ1v) is 6.85. The van der Waals surface area contributed by atoms with Gasteiger partial charge in [0.15, 0.2) is 5.96 Å². The van der Waals surface area contributed by atoms with Crippen molar-refractivity contribution in [2.45, 2.75) is 26.3 Å². The zero-order valence-electron chi connectivity index (χ0n) is 11.8. The van der Waals surface area contributed by atoms with E-state index in [1.54, 1.807) is 0 Å². The number of aliphatic imine (C=N–C) groups is 1. The number of aryl methyl sites for hydroxylation is 2. The Balaban J connectivity index is 1.67. The van der Waals surface area contributed by atoms with Crippen LogP contribution in [0.25, 0.3) is 0 Å². The monoisotopic (exact) mass is 271 g/mol. The van der Waals surface area contributed by atoms with E-state index in [0.29, 0.717) is 5.96 Å². The highest BCUT2D eigenvalue weighted by atomic mass is 15.1. The minimum absolute atomic E-state index is 0.468. The highest BCUT2D eigenvalue weighted by molar-refractivity contribution is 5.92. The number of unbranched alkanes of at least 4 members (excludes halogenated alkanes) is 1. The molecule has 2 rings (SSSR count). The summed E-state index contributed by atoms with van der Waals surface area (Å²) in [6.45, 7) is 3.73. The number of anilines is 1. The molecule has 5 nitrogen and oxygen atoms in total. The summed E-state index contributed by atoms with van der Waals surface area (Å²) >= 11 is 0. The fourth-order valence-corrected chi connectivity index (χ4v) is 1.94. The van der Waals surface area contributed by atoms with E-state index in [-0.39, 0.29) is 0 Å². The lowest BCUT2D eigenvalue weighted by Gasteiger charge is -2.06. The van der Waals surface area contributed by atoms with Crippen LogP contribution < -0.4 is 11.1 Å². The van der Waals surface area contributed by atoms with E-state index < -0.39 is 0 Å². The standard InChI is InChI=1S/C15H21N5/c1-13-17-10-12-20(13)11-6-5-9-18-15(16)19-14-7-3-2-4-8-14/h2-4,7-8,10,12H,5-6,9,11H2,1H3,(H3,16,18,19). The summed E-state index contributed by atoms with van der Waals surface area (Å²) < 4.78 is 2.15. The lowest BCUT2D eigenvalue weighted by molar-refractivity contribution is 0.602. The molecular weight excluding hydrogens is 250 g/mol. The first-order chi connectivity index (χ1) is 9.75. The summed E-state index contributed by atoms with van der Waals surface area (Å²) in [7, 11) is 0. The van der Waals surface area contributed by atoms with Gasteiger partial charge in [0.05, 0.1) is 0 Å². The number of aromatic nitrogens is 2. The van der Waals surface area contributed by atoms with Gasteiger partial charge in [0.2, 0.25) is 0 Å². The summed E-state index contributed by atoms with van der Waals surface area (Å²) in [6, 6.07) is 9.82. The molecule has 0 aliphatic heterocycles. The van der Waals surface area contributed by atoms with Gasteiger partial charge >= 0.3 is 0 Å². The molecule has 0 fully saturated rings. The normalized spacial score (nSPS) is 11.6. The van der Waals surface area contributed by atoms with Gasteiger partial charge in [-0.3, -0.25) is 4.99 Å². The van der Waals surface area contributed by atoms with Crippen LogP contribution in [0.1, 0.15) is 18.7 Å². The van der Waals surface area contributed by atoms with E-state index in [9.17, 15) is 0 Å². The number of hydrogen-bond donors (Lipinski definition) is 2. The fourth-order valence-electron chi connectivity index (χ4n) is 1.94. The number of hydrogen-bond acceptors (Lipinski definition) is 2. The Kier molecular flexibility index (Phi) is 5.17. The fraction of sp³-hybridized carbons (Fsp3) is 0.333. The van der Waals surface area contributed by atoms with Crippen LogP contribution in [-0.4, -0.2) is 22.1 Å². The molecule has 20 heavy (non-hydrogen) atoms. The van der Waals surface area contributed by atoms with Crippen LogP contribution in [0.2, 0.25) is 0 Å². The van der Waals surface area contributed by atoms with Gasteiger partial charge in [0.1, 0.15) is 5.82 Å². The number of nitrogens with zero attached hydrogens (tertiary/aromatic N) is 3. The van der Waals surface area contributed by atoms with Crippen molar-refractivity contribution in [1.29, 1.82) is 0 Å². The Hall–Kier alpha value is -2.30. The molecule has 1 aromatic carbocycles. The molecule has 1 aromatic heterocycles. The number of para-hydroxylation sites is 1. The van der Waals surface area contributed by atoms with Gasteiger partial charge in [0.25, 0.3) is 0 Å². The Morgan fingerprint density at radius 2 is 2.10 bits per heavy atom. The number of guanidine groups is 1. The third-order valence-corrected chi connectivity index (χ3v) is 3.06. The van der Waals surface area contributed by atoms with Crippen molar-refractivity contribution in [3.8, 4) is 0 Å². The molecule has 1 heterocycles. The van der Waals surface area contributed by atoms with E-state index in [1.165, 1.54) is 0 Å². The largest absolute Gasteiger partial charge is 0.370 e. The molecule has 0 aliphatic carbocycles. The topological polar surface area (TPSA) is 68.2 Å². The summed E-state index contributed by atoms with van der Waals surface area (Å²) in [5, 5.41) is 3.07. The smallest absolute Gasteiger partial charge is 0.193 e. The molecule has 106 valence electrons. The average molecular weight is 271 g/mol. The van der Waals surface area contributed by atoms with Gasteiger partial charge in [-0.25, -0.2) is 4.98 Å². The van der Waals surface area contributed by atoms with Gasteiger partial charge in [-0.1, -0.05) is 18.2 Å². The Bertz CT molecular complexity index is 544. The summed E-state index contributed by atoms with van der Waals surface area (Å²) in [4.78, 5) is 8.52. The summed E-state index contributed by atoms with van der Waals surface area (Å²) in [5.74, 6) is 1.52. The van der Waals surface area contributed by atoms with Gasteiger partial charge in [-0.05, 0) is 31.9 Å². The van der Waals surface area contributed by atoms with E-state index >= 15 is 0 Å². The van der Waals surface area contributed by atoms with Crippen molar-refractivity contribution in [3.05, 3.63) is 48.5 Å². The Morgan fingerprint density at radius 1 is 1.30 bits per heavy atom. The van der Waals surface area contributed by atoms with E-state index in [0.717, 1.165) is 37.4 Å². The molecule has 0 unspecified atom stereocenters. The number of nitrogens with two attached hydrogens (primary N) is 1. The molecule has 0 atom stereocenters. The van der Waals surface area contributed by atoms with Gasteiger partial charge < -0.3 is 15.6 Å². The second-order valence-electron chi connectivity index (χ2n) is 4.63. The average Bonchev–Trinajstić information content (AvgIpc) is 2.85. The maximum Gasteiger partial charge on any atom is 0.193 e. The second kappa shape index (κ2) is 7.33. The highest BCUT2D eigenvalue weighted by Crippen LogP contribution is 2.04. The molecule has 2 aromatic rings. The van der Waals surface area contributed by atoms with Crippen LogP contribution in [0.4, 0.5) is 5.69 Å². The molecule has 0 saturated carbocycles. The first-order valence-electron chi connectivity index (χ1n) is 6.85. The lowest BCUT2D eigenvalue weighted by atomic mass is 10.3. The zero-order chi connectivity index (χ0) is 14.2. The number of nitrogens with one attached hydrogen (secondary N) is 1. The predicted molar refractivity (Wildman–Crippen MR) is 82.8 cm³/mol. The molecular formula is C15H21N5. The first kappa shape index (κ1) is 14.1. The van der Waals surface area contributed by atoms with Crippen LogP contribution in [0.5, 0.6) is 0 Å². The molecule has 0 bridgehead atoms. The zero-order valence-corrected chi connectivity index (χ0v) is 11.8. The number of benzene rings is 1. The Labute approximate surface area is 119 Å². The third kappa shape index (κ3) is 4.42. The molecule has 0 aliphatic rings. The maximum atomic E-state index is 5.83. The van der Waals surface area contributed by atoms with Gasteiger partial charge in [-0.2, -0.15) is 0 Å². The lowest BCUT2D eigenvalue weighted by Crippen LogP contribution is -2.22. The molecule has 5 heteroatoms. The van der Waals surface area contributed by atoms with Crippen molar-refractivity contribution < 1.29 is 0 Å². The van der Waals surface area contributed by atoms with Crippen LogP contribution in [0, 0.1) is 6.92 Å². The van der Waals surface area contributed by atoms with Crippen molar-refractivity contribution in [2.75, 3.05) is 11.9 Å². The molecule has 0 radical (unpaired) electrons. The SMILES string of the molecule is Cc1nccn1CCCCN=C(N)Nc1ccccc1. The van der Waals surface area contributed by atoms with Crippen molar-refractivity contribution >= 4 is 11.6 Å². The molecule has 0 spiro atoms. The molecule has 0 saturated heterocycles. The van der Waals surface area contributed by atoms with Gasteiger partial charge in [-0.15, -0.1) is 0 Å². The summed E-state index contributed by atoms with van der Waals surface area (Å²) in [5.41, 5.74) is 6.79. The predicted octanol–water partition coefficient (Wildman–Crippen LogP) is 2.40. The van der Waals surface area contributed by atoms with Crippen LogP contribution in [-0.2, 0) is 6.54 Å². The minimum atomic E-state index is 0.468.